The van der Waals surface area contributed by atoms with Crippen molar-refractivity contribution >= 4 is 51.5 Å². The second-order valence-electron chi connectivity index (χ2n) is 8.36. The van der Waals surface area contributed by atoms with Gasteiger partial charge in [0.25, 0.3) is 11.1 Å². The summed E-state index contributed by atoms with van der Waals surface area (Å²) in [6, 6.07) is 19.7. The predicted molar refractivity (Wildman–Crippen MR) is 140 cm³/mol. The number of hydrogen-bond donors (Lipinski definition) is 0. The molecule has 35 heavy (non-hydrogen) atoms. The van der Waals surface area contributed by atoms with E-state index in [2.05, 4.69) is 17.6 Å². The monoisotopic (exact) mass is 504 g/mol. The van der Waals surface area contributed by atoms with Crippen LogP contribution in [-0.4, -0.2) is 20.6 Å². The van der Waals surface area contributed by atoms with Gasteiger partial charge in [-0.15, -0.1) is 0 Å². The zero-order valence-electron chi connectivity index (χ0n) is 19.0. The number of carbonyl (C=O) groups is 2. The second kappa shape index (κ2) is 9.72. The molecule has 2 amide bonds. The molecule has 4 aromatic rings. The van der Waals surface area contributed by atoms with Gasteiger partial charge in [-0.3, -0.25) is 14.5 Å². The van der Waals surface area contributed by atoms with E-state index in [0.717, 1.165) is 40.2 Å². The van der Waals surface area contributed by atoms with Crippen molar-refractivity contribution in [1.29, 1.82) is 0 Å². The number of rotatable bonds is 6. The molecule has 1 fully saturated rings. The number of halogens is 2. The minimum Gasteiger partial charge on any atom is -0.342 e. The van der Waals surface area contributed by atoms with Crippen LogP contribution in [0.25, 0.3) is 17.0 Å². The summed E-state index contributed by atoms with van der Waals surface area (Å²) < 4.78 is 15.4. The van der Waals surface area contributed by atoms with Crippen molar-refractivity contribution < 1.29 is 14.0 Å². The fourth-order valence-corrected chi connectivity index (χ4v) is 5.38. The maximum Gasteiger partial charge on any atom is 0.293 e. The van der Waals surface area contributed by atoms with Crippen LogP contribution in [0.4, 0.5) is 9.18 Å². The summed E-state index contributed by atoms with van der Waals surface area (Å²) in [5.41, 5.74) is 4.85. The molecule has 5 rings (SSSR count). The molecule has 0 N–H and O–H groups in total. The van der Waals surface area contributed by atoms with Gasteiger partial charge in [0.2, 0.25) is 0 Å². The van der Waals surface area contributed by atoms with Crippen LogP contribution in [-0.2, 0) is 24.3 Å². The summed E-state index contributed by atoms with van der Waals surface area (Å²) in [6.45, 7) is 2.81. The van der Waals surface area contributed by atoms with Gasteiger partial charge >= 0.3 is 0 Å². The molecule has 2 heterocycles. The molecule has 1 saturated heterocycles. The lowest BCUT2D eigenvalue weighted by atomic mass is 10.1. The first-order valence-corrected chi connectivity index (χ1v) is 12.5. The largest absolute Gasteiger partial charge is 0.342 e. The van der Waals surface area contributed by atoms with Crippen LogP contribution in [0.5, 0.6) is 0 Å². The van der Waals surface area contributed by atoms with Crippen molar-refractivity contribution in [3.63, 3.8) is 0 Å². The Morgan fingerprint density at radius 3 is 2.43 bits per heavy atom. The third-order valence-electron chi connectivity index (χ3n) is 6.11. The quantitative estimate of drug-likeness (QED) is 0.259. The molecule has 1 aliphatic heterocycles. The average molecular weight is 505 g/mol. The van der Waals surface area contributed by atoms with Gasteiger partial charge in [0.05, 0.1) is 17.0 Å². The van der Waals surface area contributed by atoms with Crippen molar-refractivity contribution in [1.82, 2.24) is 9.47 Å². The maximum absolute atomic E-state index is 13.2. The number of fused-ring (bicyclic) bond motifs is 1. The minimum absolute atomic E-state index is 0.108. The third-order valence-corrected chi connectivity index (χ3v) is 7.38. The molecule has 1 aliphatic rings. The number of para-hydroxylation sites is 1. The molecule has 0 bridgehead atoms. The highest BCUT2D eigenvalue weighted by Gasteiger charge is 2.35. The van der Waals surface area contributed by atoms with E-state index in [4.69, 9.17) is 11.6 Å². The number of nitrogens with zero attached hydrogens (tertiary/aromatic N) is 2. The molecule has 1 aromatic heterocycles. The van der Waals surface area contributed by atoms with Gasteiger partial charge < -0.3 is 4.57 Å². The molecule has 3 aromatic carbocycles. The Morgan fingerprint density at radius 1 is 0.943 bits per heavy atom. The van der Waals surface area contributed by atoms with Crippen LogP contribution in [0.1, 0.15) is 29.2 Å². The highest BCUT2D eigenvalue weighted by atomic mass is 35.5. The van der Waals surface area contributed by atoms with Crippen molar-refractivity contribution in [2.45, 2.75) is 26.4 Å². The number of aryl methyl sites for hydroxylation is 1. The molecular formula is C28H22ClFN2O2S. The highest BCUT2D eigenvalue weighted by Crippen LogP contribution is 2.36. The van der Waals surface area contributed by atoms with Gasteiger partial charge in [0.1, 0.15) is 5.82 Å². The number of thioether (sulfide) groups is 1. The molecule has 0 aliphatic carbocycles. The Labute approximate surface area is 212 Å². The van der Waals surface area contributed by atoms with Crippen LogP contribution < -0.4 is 0 Å². The number of aromatic nitrogens is 1. The molecule has 0 unspecified atom stereocenters. The van der Waals surface area contributed by atoms with Gasteiger partial charge in [-0.2, -0.15) is 0 Å². The maximum atomic E-state index is 13.2. The van der Waals surface area contributed by atoms with Gasteiger partial charge in [-0.05, 0) is 59.1 Å². The summed E-state index contributed by atoms with van der Waals surface area (Å²) in [7, 11) is 0. The van der Waals surface area contributed by atoms with Crippen LogP contribution in [0.2, 0.25) is 5.02 Å². The summed E-state index contributed by atoms with van der Waals surface area (Å²) in [5.74, 6) is -0.703. The lowest BCUT2D eigenvalue weighted by molar-refractivity contribution is -0.123. The van der Waals surface area contributed by atoms with E-state index in [1.54, 1.807) is 18.2 Å². The zero-order valence-corrected chi connectivity index (χ0v) is 20.6. The molecule has 0 saturated carbocycles. The number of amides is 2. The van der Waals surface area contributed by atoms with Crippen molar-refractivity contribution in [3.8, 4) is 0 Å². The van der Waals surface area contributed by atoms with E-state index >= 15 is 0 Å². The zero-order chi connectivity index (χ0) is 24.5. The molecule has 7 heteroatoms. The fraction of sp³-hybridized carbons (Fsp3) is 0.143. The van der Waals surface area contributed by atoms with Gasteiger partial charge in [-0.25, -0.2) is 4.39 Å². The van der Waals surface area contributed by atoms with Crippen LogP contribution >= 0.6 is 23.4 Å². The Hall–Kier alpha value is -3.35. The highest BCUT2D eigenvalue weighted by molar-refractivity contribution is 8.18. The standard InChI is InChI=1S/C28H22ClFN2O2S/c1-2-19-7-5-8-23-21(17-31(26(19)23)16-20-6-3-4-9-24(20)29)14-25-27(33)32(28(34)35-25)15-18-10-12-22(30)13-11-18/h3-14,17H,2,15-16H2,1H3/b25-14-. The minimum atomic E-state index is -0.359. The van der Waals surface area contributed by atoms with E-state index in [9.17, 15) is 14.0 Å². The lowest BCUT2D eigenvalue weighted by Crippen LogP contribution is -2.27. The first-order chi connectivity index (χ1) is 16.9. The summed E-state index contributed by atoms with van der Waals surface area (Å²) in [5, 5.41) is 1.38. The van der Waals surface area contributed by atoms with Crippen LogP contribution in [0.3, 0.4) is 0 Å². The molecule has 0 atom stereocenters. The molecule has 0 spiro atoms. The Balaban J connectivity index is 1.51. The van der Waals surface area contributed by atoms with Gasteiger partial charge in [-0.1, -0.05) is 67.1 Å². The van der Waals surface area contributed by atoms with E-state index in [1.165, 1.54) is 22.6 Å². The molecule has 0 radical (unpaired) electrons. The summed E-state index contributed by atoms with van der Waals surface area (Å²) in [6.07, 6.45) is 4.67. The van der Waals surface area contributed by atoms with Crippen molar-refractivity contribution in [3.05, 3.63) is 111 Å². The van der Waals surface area contributed by atoms with E-state index < -0.39 is 0 Å². The van der Waals surface area contributed by atoms with Crippen LogP contribution in [0.15, 0.2) is 77.8 Å². The van der Waals surface area contributed by atoms with E-state index in [0.29, 0.717) is 22.0 Å². The normalized spacial score (nSPS) is 15.1. The Bertz CT molecular complexity index is 1480. The number of carbonyl (C=O) groups excluding carboxylic acids is 2. The smallest absolute Gasteiger partial charge is 0.293 e. The number of hydrogen-bond acceptors (Lipinski definition) is 3. The van der Waals surface area contributed by atoms with Gasteiger partial charge in [0.15, 0.2) is 0 Å². The fourth-order valence-electron chi connectivity index (χ4n) is 4.35. The SMILES string of the molecule is CCc1cccc2c(/C=C3\SC(=O)N(Cc4ccc(F)cc4)C3=O)cn(Cc3ccccc3Cl)c12. The molecular weight excluding hydrogens is 483 g/mol. The number of benzene rings is 3. The average Bonchev–Trinajstić information content (AvgIpc) is 3.33. The lowest BCUT2D eigenvalue weighted by Gasteiger charge is -2.12. The van der Waals surface area contributed by atoms with Crippen molar-refractivity contribution in [2.24, 2.45) is 0 Å². The van der Waals surface area contributed by atoms with E-state index in [1.807, 2.05) is 42.6 Å². The predicted octanol–water partition coefficient (Wildman–Crippen LogP) is 7.28. The van der Waals surface area contributed by atoms with Crippen molar-refractivity contribution in [2.75, 3.05) is 0 Å². The first kappa shape index (κ1) is 23.4. The second-order valence-corrected chi connectivity index (χ2v) is 9.77. The van der Waals surface area contributed by atoms with Gasteiger partial charge in [0, 0.05) is 28.7 Å². The first-order valence-electron chi connectivity index (χ1n) is 11.3. The Morgan fingerprint density at radius 2 is 1.69 bits per heavy atom. The number of imide groups is 1. The van der Waals surface area contributed by atoms with E-state index in [-0.39, 0.29) is 23.5 Å². The molecule has 176 valence electrons. The molecule has 4 nitrogen and oxygen atoms in total. The summed E-state index contributed by atoms with van der Waals surface area (Å²) >= 11 is 7.36. The topological polar surface area (TPSA) is 42.3 Å². The Kier molecular flexibility index (Phi) is 6.50. The third kappa shape index (κ3) is 4.64. The van der Waals surface area contributed by atoms with Crippen LogP contribution in [0, 0.1) is 5.82 Å². The summed E-state index contributed by atoms with van der Waals surface area (Å²) in [4.78, 5) is 27.3.